The molecule has 1 aliphatic heterocycles. The highest BCUT2D eigenvalue weighted by Gasteiger charge is 2.20. The number of carbonyl (C=O) groups is 1. The number of carbonyl (C=O) groups excluding carboxylic acids is 1. The molecule has 0 aromatic rings. The number of Topliss-reactive ketones (excluding diaryl/α,β-unsaturated/α-hetero) is 1. The van der Waals surface area contributed by atoms with Gasteiger partial charge in [-0.05, 0) is 19.8 Å². The number of piperidine rings is 1. The molecule has 0 amide bonds. The highest BCUT2D eigenvalue weighted by molar-refractivity contribution is 5.78. The van der Waals surface area contributed by atoms with Gasteiger partial charge >= 0.3 is 0 Å². The third kappa shape index (κ3) is 1.78. The summed E-state index contributed by atoms with van der Waals surface area (Å²) in [5.74, 6) is 0.455. The first-order valence-electron chi connectivity index (χ1n) is 3.64. The molecule has 0 unspecified atom stereocenters. The summed E-state index contributed by atoms with van der Waals surface area (Å²) in [6.45, 7) is 2.91. The molecule has 0 bridgehead atoms. The van der Waals surface area contributed by atoms with Crippen molar-refractivity contribution in [3.05, 3.63) is 0 Å². The van der Waals surface area contributed by atoms with Gasteiger partial charge in [0, 0.05) is 20.4 Å². The van der Waals surface area contributed by atoms with Crippen LogP contribution >= 0.6 is 0 Å². The second-order valence-corrected chi connectivity index (χ2v) is 2.84. The van der Waals surface area contributed by atoms with Crippen LogP contribution in [0, 0.1) is 5.92 Å². The summed E-state index contributed by atoms with van der Waals surface area (Å²) >= 11 is 0. The number of hydrogen-bond acceptors (Lipinski definition) is 3. The van der Waals surface area contributed by atoms with Crippen LogP contribution < -0.4 is 0 Å². The highest BCUT2D eigenvalue weighted by Crippen LogP contribution is 2.15. The minimum absolute atomic E-state index is 0. The Morgan fingerprint density at radius 2 is 2.10 bits per heavy atom. The van der Waals surface area contributed by atoms with Gasteiger partial charge in [-0.25, -0.2) is 0 Å². The average Bonchev–Trinajstić information content (AvgIpc) is 1.88. The van der Waals surface area contributed by atoms with E-state index in [0.717, 1.165) is 12.8 Å². The lowest BCUT2D eigenvalue weighted by Crippen LogP contribution is -2.33. The molecular formula is C7H15NO2. The maximum atomic E-state index is 10.8. The van der Waals surface area contributed by atoms with Crippen LogP contribution in [0.15, 0.2) is 0 Å². The van der Waals surface area contributed by atoms with E-state index in [4.69, 9.17) is 5.21 Å². The predicted octanol–water partition coefficient (Wildman–Crippen LogP) is 0.923. The second kappa shape index (κ2) is 3.12. The van der Waals surface area contributed by atoms with Crippen LogP contribution in [0.2, 0.25) is 0 Å². The van der Waals surface area contributed by atoms with E-state index in [1.54, 1.807) is 6.92 Å². The zero-order valence-electron chi connectivity index (χ0n) is 6.21. The van der Waals surface area contributed by atoms with Gasteiger partial charge in [0.25, 0.3) is 0 Å². The van der Waals surface area contributed by atoms with Crippen molar-refractivity contribution in [2.24, 2.45) is 5.92 Å². The molecule has 3 nitrogen and oxygen atoms in total. The van der Waals surface area contributed by atoms with E-state index in [1.807, 2.05) is 0 Å². The molecule has 0 aromatic carbocycles. The molecule has 0 spiro atoms. The molecule has 1 aliphatic rings. The summed E-state index contributed by atoms with van der Waals surface area (Å²) in [5, 5.41) is 10.2. The minimum atomic E-state index is 0. The number of hydrogen-bond donors (Lipinski definition) is 1. The molecule has 0 saturated carbocycles. The summed E-state index contributed by atoms with van der Waals surface area (Å²) < 4.78 is 0. The first-order valence-corrected chi connectivity index (χ1v) is 3.64. The Bertz CT molecular complexity index is 132. The topological polar surface area (TPSA) is 40.5 Å². The van der Waals surface area contributed by atoms with Gasteiger partial charge in [-0.3, -0.25) is 4.79 Å². The van der Waals surface area contributed by atoms with Crippen molar-refractivity contribution in [2.75, 3.05) is 13.1 Å². The summed E-state index contributed by atoms with van der Waals surface area (Å²) in [7, 11) is 0. The van der Waals surface area contributed by atoms with Crippen molar-refractivity contribution in [1.29, 1.82) is 0 Å². The Kier molecular flexibility index (Phi) is 2.40. The molecule has 0 radical (unpaired) electrons. The summed E-state index contributed by atoms with van der Waals surface area (Å²) in [5.41, 5.74) is 0. The van der Waals surface area contributed by atoms with Crippen LogP contribution in [0.4, 0.5) is 0 Å². The molecule has 1 N–H and O–H groups in total. The molecule has 10 heavy (non-hydrogen) atoms. The lowest BCUT2D eigenvalue weighted by molar-refractivity contribution is -0.133. The van der Waals surface area contributed by atoms with Gasteiger partial charge in [-0.1, -0.05) is 0 Å². The molecule has 60 valence electrons. The Hall–Kier alpha value is -0.410. The molecule has 1 fully saturated rings. The van der Waals surface area contributed by atoms with E-state index in [0.29, 0.717) is 13.1 Å². The van der Waals surface area contributed by atoms with Crippen LogP contribution in [0.5, 0.6) is 0 Å². The van der Waals surface area contributed by atoms with E-state index >= 15 is 0 Å². The largest absolute Gasteiger partial charge is 0.314 e. The Morgan fingerprint density at radius 3 is 2.50 bits per heavy atom. The van der Waals surface area contributed by atoms with Crippen molar-refractivity contribution in [1.82, 2.24) is 5.06 Å². The van der Waals surface area contributed by atoms with Gasteiger partial charge < -0.3 is 5.21 Å². The van der Waals surface area contributed by atoms with Gasteiger partial charge in [0.2, 0.25) is 0 Å². The Balaban J connectivity index is 0.000001000. The molecule has 0 aromatic heterocycles. The van der Waals surface area contributed by atoms with E-state index in [1.165, 1.54) is 5.06 Å². The third-order valence-corrected chi connectivity index (χ3v) is 2.05. The van der Waals surface area contributed by atoms with Gasteiger partial charge in [0.15, 0.2) is 0 Å². The predicted molar refractivity (Wildman–Crippen MR) is 38.9 cm³/mol. The number of nitrogens with zero attached hydrogens (tertiary/aromatic N) is 1. The molecule has 3 heteroatoms. The number of rotatable bonds is 1. The van der Waals surface area contributed by atoms with Crippen LogP contribution in [-0.2, 0) is 4.79 Å². The SMILES string of the molecule is CC(=O)C1CCN(O)CC1.[HH]. The van der Waals surface area contributed by atoms with Crippen LogP contribution in [0.1, 0.15) is 21.2 Å². The first kappa shape index (κ1) is 7.69. The Labute approximate surface area is 62.1 Å². The monoisotopic (exact) mass is 145 g/mol. The van der Waals surface area contributed by atoms with Crippen molar-refractivity contribution >= 4 is 5.78 Å². The maximum Gasteiger partial charge on any atom is 0.133 e. The fourth-order valence-electron chi connectivity index (χ4n) is 1.27. The van der Waals surface area contributed by atoms with Crippen molar-refractivity contribution < 1.29 is 11.4 Å². The van der Waals surface area contributed by atoms with E-state index in [9.17, 15) is 4.79 Å². The lowest BCUT2D eigenvalue weighted by Gasteiger charge is -2.25. The lowest BCUT2D eigenvalue weighted by atomic mass is 9.94. The Morgan fingerprint density at radius 1 is 1.60 bits per heavy atom. The quantitative estimate of drug-likeness (QED) is 0.596. The zero-order valence-corrected chi connectivity index (χ0v) is 6.21. The smallest absolute Gasteiger partial charge is 0.133 e. The molecule has 0 aliphatic carbocycles. The highest BCUT2D eigenvalue weighted by atomic mass is 16.5. The van der Waals surface area contributed by atoms with Crippen molar-refractivity contribution in [3.63, 3.8) is 0 Å². The standard InChI is InChI=1S/C7H13NO2.H2/c1-6(9)7-2-4-8(10)5-3-7;/h7,10H,2-5H2,1H3;1H. The van der Waals surface area contributed by atoms with Gasteiger partial charge in [0.05, 0.1) is 0 Å². The van der Waals surface area contributed by atoms with E-state index < -0.39 is 0 Å². The van der Waals surface area contributed by atoms with Gasteiger partial charge in [-0.15, -0.1) is 0 Å². The molecular weight excluding hydrogens is 130 g/mol. The van der Waals surface area contributed by atoms with E-state index in [-0.39, 0.29) is 13.1 Å². The molecule has 1 saturated heterocycles. The normalized spacial score (nSPS) is 23.0. The average molecular weight is 145 g/mol. The number of ketones is 1. The second-order valence-electron chi connectivity index (χ2n) is 2.84. The number of hydroxylamine groups is 2. The molecule has 1 rings (SSSR count). The van der Waals surface area contributed by atoms with Gasteiger partial charge in [-0.2, -0.15) is 5.06 Å². The summed E-state index contributed by atoms with van der Waals surface area (Å²) in [6.07, 6.45) is 1.62. The zero-order chi connectivity index (χ0) is 7.56. The maximum absolute atomic E-state index is 10.8. The molecule has 0 atom stereocenters. The van der Waals surface area contributed by atoms with Crippen LogP contribution in [0.25, 0.3) is 0 Å². The van der Waals surface area contributed by atoms with Crippen LogP contribution in [0.3, 0.4) is 0 Å². The third-order valence-electron chi connectivity index (χ3n) is 2.05. The molecule has 1 heterocycles. The first-order chi connectivity index (χ1) is 4.70. The van der Waals surface area contributed by atoms with Crippen molar-refractivity contribution in [3.8, 4) is 0 Å². The minimum Gasteiger partial charge on any atom is -0.314 e. The fourth-order valence-corrected chi connectivity index (χ4v) is 1.27. The summed E-state index contributed by atoms with van der Waals surface area (Å²) in [6, 6.07) is 0. The fraction of sp³-hybridized carbons (Fsp3) is 0.857. The van der Waals surface area contributed by atoms with E-state index in [2.05, 4.69) is 0 Å². The van der Waals surface area contributed by atoms with Crippen LogP contribution in [-0.4, -0.2) is 29.1 Å². The van der Waals surface area contributed by atoms with Gasteiger partial charge in [0.1, 0.15) is 5.78 Å². The van der Waals surface area contributed by atoms with Crippen molar-refractivity contribution in [2.45, 2.75) is 19.8 Å². The summed E-state index contributed by atoms with van der Waals surface area (Å²) in [4.78, 5) is 10.8.